The SMILES string of the molecule is CC(=O)c1cccc(C(O)C(O)CN)n1. The van der Waals surface area contributed by atoms with Crippen molar-refractivity contribution in [2.45, 2.75) is 19.1 Å². The first-order chi connectivity index (χ1) is 7.06. The van der Waals surface area contributed by atoms with Crippen LogP contribution in [0.25, 0.3) is 0 Å². The molecule has 0 bridgehead atoms. The first-order valence-electron chi connectivity index (χ1n) is 4.60. The van der Waals surface area contributed by atoms with Gasteiger partial charge in [-0.15, -0.1) is 0 Å². The molecule has 0 fully saturated rings. The summed E-state index contributed by atoms with van der Waals surface area (Å²) in [6, 6.07) is 4.69. The summed E-state index contributed by atoms with van der Waals surface area (Å²) in [7, 11) is 0. The van der Waals surface area contributed by atoms with Crippen LogP contribution in [-0.4, -0.2) is 33.6 Å². The van der Waals surface area contributed by atoms with E-state index in [9.17, 15) is 15.0 Å². The largest absolute Gasteiger partial charge is 0.389 e. The molecule has 0 aliphatic heterocycles. The van der Waals surface area contributed by atoms with E-state index < -0.39 is 12.2 Å². The average molecular weight is 210 g/mol. The van der Waals surface area contributed by atoms with Gasteiger partial charge in [0.1, 0.15) is 11.8 Å². The van der Waals surface area contributed by atoms with Gasteiger partial charge in [-0.1, -0.05) is 6.07 Å². The number of ketones is 1. The number of aliphatic hydroxyl groups is 2. The molecule has 0 saturated carbocycles. The Balaban J connectivity index is 2.94. The van der Waals surface area contributed by atoms with Crippen LogP contribution in [-0.2, 0) is 0 Å². The summed E-state index contributed by atoms with van der Waals surface area (Å²) < 4.78 is 0. The Labute approximate surface area is 87.6 Å². The van der Waals surface area contributed by atoms with Crippen molar-refractivity contribution in [3.63, 3.8) is 0 Å². The van der Waals surface area contributed by atoms with Gasteiger partial charge in [0.05, 0.1) is 11.8 Å². The molecule has 5 heteroatoms. The van der Waals surface area contributed by atoms with Crippen molar-refractivity contribution in [2.75, 3.05) is 6.54 Å². The Morgan fingerprint density at radius 1 is 1.53 bits per heavy atom. The predicted octanol–water partition coefficient (Wildman–Crippen LogP) is -0.363. The van der Waals surface area contributed by atoms with Gasteiger partial charge in [0.2, 0.25) is 0 Å². The number of carbonyl (C=O) groups excluding carboxylic acids is 1. The lowest BCUT2D eigenvalue weighted by Gasteiger charge is -2.15. The summed E-state index contributed by atoms with van der Waals surface area (Å²) in [5.74, 6) is -0.189. The summed E-state index contributed by atoms with van der Waals surface area (Å²) in [6.07, 6.45) is -2.23. The van der Waals surface area contributed by atoms with Crippen molar-refractivity contribution < 1.29 is 15.0 Å². The Hall–Kier alpha value is -1.30. The predicted molar refractivity (Wildman–Crippen MR) is 54.3 cm³/mol. The third-order valence-corrected chi connectivity index (χ3v) is 2.04. The topological polar surface area (TPSA) is 96.4 Å². The second kappa shape index (κ2) is 4.97. The van der Waals surface area contributed by atoms with Gasteiger partial charge in [0.15, 0.2) is 5.78 Å². The number of nitrogens with zero attached hydrogens (tertiary/aromatic N) is 1. The molecule has 0 saturated heterocycles. The van der Waals surface area contributed by atoms with Crippen molar-refractivity contribution in [2.24, 2.45) is 5.73 Å². The van der Waals surface area contributed by atoms with E-state index in [-0.39, 0.29) is 23.7 Å². The van der Waals surface area contributed by atoms with Gasteiger partial charge in [-0.2, -0.15) is 0 Å². The molecule has 0 spiro atoms. The van der Waals surface area contributed by atoms with Crippen molar-refractivity contribution in [1.29, 1.82) is 0 Å². The quantitative estimate of drug-likeness (QED) is 0.589. The molecule has 1 aromatic rings. The third kappa shape index (κ3) is 2.82. The van der Waals surface area contributed by atoms with Crippen LogP contribution in [0, 0.1) is 0 Å². The zero-order chi connectivity index (χ0) is 11.4. The first kappa shape index (κ1) is 11.8. The van der Waals surface area contributed by atoms with Crippen molar-refractivity contribution in [3.05, 3.63) is 29.6 Å². The molecule has 1 aromatic heterocycles. The van der Waals surface area contributed by atoms with E-state index in [2.05, 4.69) is 4.98 Å². The molecule has 2 atom stereocenters. The lowest BCUT2D eigenvalue weighted by Crippen LogP contribution is -2.28. The highest BCUT2D eigenvalue weighted by molar-refractivity contribution is 5.92. The van der Waals surface area contributed by atoms with Crippen LogP contribution in [0.1, 0.15) is 29.2 Å². The fourth-order valence-corrected chi connectivity index (χ4v) is 1.14. The number of Topliss-reactive ketones (excluding diaryl/α,β-unsaturated/α-hetero) is 1. The molecule has 82 valence electrons. The second-order valence-corrected chi connectivity index (χ2v) is 3.25. The lowest BCUT2D eigenvalue weighted by atomic mass is 10.1. The van der Waals surface area contributed by atoms with Crippen LogP contribution in [0.5, 0.6) is 0 Å². The summed E-state index contributed by atoms with van der Waals surface area (Å²) in [6.45, 7) is 1.32. The van der Waals surface area contributed by atoms with Gasteiger partial charge in [-0.05, 0) is 12.1 Å². The second-order valence-electron chi connectivity index (χ2n) is 3.25. The van der Waals surface area contributed by atoms with Crippen molar-refractivity contribution in [3.8, 4) is 0 Å². The van der Waals surface area contributed by atoms with Crippen molar-refractivity contribution in [1.82, 2.24) is 4.98 Å². The number of carbonyl (C=O) groups is 1. The third-order valence-electron chi connectivity index (χ3n) is 2.04. The van der Waals surface area contributed by atoms with Gasteiger partial charge in [0, 0.05) is 13.5 Å². The van der Waals surface area contributed by atoms with Crippen LogP contribution in [0.4, 0.5) is 0 Å². The number of hydrogen-bond donors (Lipinski definition) is 3. The minimum absolute atomic E-state index is 0.0624. The maximum absolute atomic E-state index is 11.0. The smallest absolute Gasteiger partial charge is 0.178 e. The number of aromatic nitrogens is 1. The van der Waals surface area contributed by atoms with E-state index in [0.717, 1.165) is 0 Å². The summed E-state index contributed by atoms with van der Waals surface area (Å²) in [4.78, 5) is 15.0. The van der Waals surface area contributed by atoms with Crippen molar-refractivity contribution >= 4 is 5.78 Å². The van der Waals surface area contributed by atoms with E-state index >= 15 is 0 Å². The van der Waals surface area contributed by atoms with Gasteiger partial charge < -0.3 is 15.9 Å². The number of pyridine rings is 1. The molecule has 4 N–H and O–H groups in total. The van der Waals surface area contributed by atoms with Crippen LogP contribution in [0.2, 0.25) is 0 Å². The molecule has 0 radical (unpaired) electrons. The van der Waals surface area contributed by atoms with E-state index in [1.54, 1.807) is 12.1 Å². The molecule has 2 unspecified atom stereocenters. The van der Waals surface area contributed by atoms with E-state index in [4.69, 9.17) is 5.73 Å². The Bertz CT molecular complexity index is 354. The van der Waals surface area contributed by atoms with Gasteiger partial charge in [0.25, 0.3) is 0 Å². The molecular weight excluding hydrogens is 196 g/mol. The molecular formula is C10H14N2O3. The Morgan fingerprint density at radius 2 is 2.20 bits per heavy atom. The maximum atomic E-state index is 11.0. The van der Waals surface area contributed by atoms with Gasteiger partial charge >= 0.3 is 0 Å². The number of nitrogens with two attached hydrogens (primary N) is 1. The maximum Gasteiger partial charge on any atom is 0.178 e. The standard InChI is InChI=1S/C10H14N2O3/c1-6(13)7-3-2-4-8(12-7)10(15)9(14)5-11/h2-4,9-10,14-15H,5,11H2,1H3. The van der Waals surface area contributed by atoms with E-state index in [1.807, 2.05) is 0 Å². The first-order valence-corrected chi connectivity index (χ1v) is 4.60. The van der Waals surface area contributed by atoms with Gasteiger partial charge in [-0.3, -0.25) is 4.79 Å². The van der Waals surface area contributed by atoms with E-state index in [1.165, 1.54) is 13.0 Å². The highest BCUT2D eigenvalue weighted by Gasteiger charge is 2.18. The molecule has 1 heterocycles. The zero-order valence-electron chi connectivity index (χ0n) is 8.42. The Morgan fingerprint density at radius 3 is 2.73 bits per heavy atom. The number of hydrogen-bond acceptors (Lipinski definition) is 5. The summed E-state index contributed by atoms with van der Waals surface area (Å²) in [5, 5.41) is 18.9. The lowest BCUT2D eigenvalue weighted by molar-refractivity contribution is 0.0216. The molecule has 15 heavy (non-hydrogen) atoms. The minimum atomic E-state index is -1.16. The number of aliphatic hydroxyl groups excluding tert-OH is 2. The minimum Gasteiger partial charge on any atom is -0.389 e. The highest BCUT2D eigenvalue weighted by Crippen LogP contribution is 2.14. The molecule has 0 aliphatic carbocycles. The molecule has 0 amide bonds. The zero-order valence-corrected chi connectivity index (χ0v) is 8.42. The van der Waals surface area contributed by atoms with Crippen LogP contribution >= 0.6 is 0 Å². The van der Waals surface area contributed by atoms with Crippen LogP contribution in [0.3, 0.4) is 0 Å². The summed E-state index contributed by atoms with van der Waals surface area (Å²) >= 11 is 0. The Kier molecular flexibility index (Phi) is 3.90. The van der Waals surface area contributed by atoms with Crippen LogP contribution in [0.15, 0.2) is 18.2 Å². The monoisotopic (exact) mass is 210 g/mol. The number of rotatable bonds is 4. The average Bonchev–Trinajstić information content (AvgIpc) is 2.27. The molecule has 5 nitrogen and oxygen atoms in total. The summed E-state index contributed by atoms with van der Waals surface area (Å²) in [5.41, 5.74) is 5.71. The normalized spacial score (nSPS) is 14.7. The van der Waals surface area contributed by atoms with Gasteiger partial charge in [-0.25, -0.2) is 4.98 Å². The van der Waals surface area contributed by atoms with Crippen LogP contribution < -0.4 is 5.73 Å². The molecule has 0 aliphatic rings. The fourth-order valence-electron chi connectivity index (χ4n) is 1.14. The fraction of sp³-hybridized carbons (Fsp3) is 0.400. The molecule has 1 rings (SSSR count). The highest BCUT2D eigenvalue weighted by atomic mass is 16.3. The molecule has 0 aromatic carbocycles. The van der Waals surface area contributed by atoms with E-state index in [0.29, 0.717) is 0 Å².